The standard InChI is InChI=1S/C19H21F2NO4/c1-26-8-2-3-14-12(4-5-15(22-14)18(20)21)16(23)13-9-11-6-7-19(25,10-11)17(13)24/h4-5,9,11,18,25H,2-3,6-8,10H2,1H3. The molecule has 0 spiro atoms. The molecule has 0 saturated heterocycles. The van der Waals surface area contributed by atoms with Gasteiger partial charge in [0, 0.05) is 19.3 Å². The monoisotopic (exact) mass is 365 g/mol. The van der Waals surface area contributed by atoms with Crippen LogP contribution in [0.25, 0.3) is 0 Å². The molecule has 7 heteroatoms. The summed E-state index contributed by atoms with van der Waals surface area (Å²) >= 11 is 0. The van der Waals surface area contributed by atoms with Crippen molar-refractivity contribution in [1.82, 2.24) is 4.98 Å². The fourth-order valence-corrected chi connectivity index (χ4v) is 3.72. The lowest BCUT2D eigenvalue weighted by Gasteiger charge is -2.26. The molecule has 0 aromatic carbocycles. The number of hydrogen-bond acceptors (Lipinski definition) is 5. The first-order valence-electron chi connectivity index (χ1n) is 8.66. The minimum atomic E-state index is -2.74. The summed E-state index contributed by atoms with van der Waals surface area (Å²) in [5, 5.41) is 10.4. The van der Waals surface area contributed by atoms with Gasteiger partial charge >= 0.3 is 0 Å². The van der Waals surface area contributed by atoms with Gasteiger partial charge in [0.25, 0.3) is 6.43 Å². The predicted octanol–water partition coefficient (Wildman–Crippen LogP) is 2.82. The molecule has 1 saturated carbocycles. The van der Waals surface area contributed by atoms with Crippen molar-refractivity contribution in [2.75, 3.05) is 13.7 Å². The van der Waals surface area contributed by atoms with Gasteiger partial charge in [-0.3, -0.25) is 14.6 Å². The van der Waals surface area contributed by atoms with E-state index in [0.29, 0.717) is 32.3 Å². The molecule has 2 bridgehead atoms. The first kappa shape index (κ1) is 18.8. The topological polar surface area (TPSA) is 76.5 Å². The van der Waals surface area contributed by atoms with Crippen molar-refractivity contribution < 1.29 is 28.2 Å². The van der Waals surface area contributed by atoms with Crippen LogP contribution in [0, 0.1) is 5.92 Å². The first-order chi connectivity index (χ1) is 12.4. The van der Waals surface area contributed by atoms with Gasteiger partial charge in [-0.25, -0.2) is 8.78 Å². The minimum absolute atomic E-state index is 0.0121. The molecule has 0 amide bonds. The minimum Gasteiger partial charge on any atom is -0.385 e. The van der Waals surface area contributed by atoms with E-state index in [4.69, 9.17) is 4.74 Å². The molecule has 1 N–H and O–H groups in total. The number of ether oxygens (including phenoxy) is 1. The van der Waals surface area contributed by atoms with E-state index < -0.39 is 29.3 Å². The van der Waals surface area contributed by atoms with Crippen molar-refractivity contribution >= 4 is 11.6 Å². The highest BCUT2D eigenvalue weighted by atomic mass is 19.3. The fraction of sp³-hybridized carbons (Fsp3) is 0.526. The summed E-state index contributed by atoms with van der Waals surface area (Å²) in [6.45, 7) is 0.400. The maximum absolute atomic E-state index is 13.0. The lowest BCUT2D eigenvalue weighted by atomic mass is 9.81. The highest BCUT2D eigenvalue weighted by molar-refractivity contribution is 6.29. The van der Waals surface area contributed by atoms with Crippen LogP contribution in [0.4, 0.5) is 8.78 Å². The summed E-state index contributed by atoms with van der Waals surface area (Å²) < 4.78 is 30.9. The molecule has 2 unspecified atom stereocenters. The third kappa shape index (κ3) is 3.46. The summed E-state index contributed by atoms with van der Waals surface area (Å²) in [6.07, 6.45) is 1.00. The Labute approximate surface area is 150 Å². The van der Waals surface area contributed by atoms with E-state index >= 15 is 0 Å². The zero-order valence-corrected chi connectivity index (χ0v) is 14.5. The number of halogens is 2. The molecular weight excluding hydrogens is 344 g/mol. The largest absolute Gasteiger partial charge is 0.385 e. The molecule has 0 radical (unpaired) electrons. The van der Waals surface area contributed by atoms with Crippen molar-refractivity contribution in [2.24, 2.45) is 5.92 Å². The molecule has 1 fully saturated rings. The number of rotatable bonds is 7. The summed E-state index contributed by atoms with van der Waals surface area (Å²) in [5.74, 6) is -1.14. The zero-order valence-electron chi connectivity index (χ0n) is 14.5. The second-order valence-corrected chi connectivity index (χ2v) is 6.90. The summed E-state index contributed by atoms with van der Waals surface area (Å²) in [5.41, 5.74) is -1.58. The van der Waals surface area contributed by atoms with Gasteiger partial charge in [0.1, 0.15) is 11.3 Å². The van der Waals surface area contributed by atoms with Crippen LogP contribution in [0.5, 0.6) is 0 Å². The van der Waals surface area contributed by atoms with Crippen LogP contribution in [0.2, 0.25) is 0 Å². The lowest BCUT2D eigenvalue weighted by molar-refractivity contribution is -0.133. The molecule has 26 heavy (non-hydrogen) atoms. The number of fused-ring (bicyclic) bond motifs is 2. The van der Waals surface area contributed by atoms with Gasteiger partial charge in [0.05, 0.1) is 11.3 Å². The summed E-state index contributed by atoms with van der Waals surface area (Å²) in [6, 6.07) is 2.41. The number of carbonyl (C=O) groups excluding carboxylic acids is 2. The molecular formula is C19H21F2NO4. The van der Waals surface area contributed by atoms with E-state index in [9.17, 15) is 23.5 Å². The smallest absolute Gasteiger partial charge is 0.280 e. The average Bonchev–Trinajstić information content (AvgIpc) is 2.95. The van der Waals surface area contributed by atoms with Gasteiger partial charge in [-0.1, -0.05) is 6.08 Å². The van der Waals surface area contributed by atoms with Crippen LogP contribution in [0.3, 0.4) is 0 Å². The van der Waals surface area contributed by atoms with Crippen LogP contribution in [-0.2, 0) is 16.0 Å². The Morgan fingerprint density at radius 1 is 1.46 bits per heavy atom. The Morgan fingerprint density at radius 3 is 2.92 bits per heavy atom. The molecule has 5 nitrogen and oxygen atoms in total. The molecule has 2 aliphatic carbocycles. The number of Topliss-reactive ketones (excluding diaryl/α,β-unsaturated/α-hetero) is 2. The van der Waals surface area contributed by atoms with E-state index in [0.717, 1.165) is 6.07 Å². The summed E-state index contributed by atoms with van der Waals surface area (Å²) in [7, 11) is 1.52. The van der Waals surface area contributed by atoms with Gasteiger partial charge in [-0.05, 0) is 50.2 Å². The van der Waals surface area contributed by atoms with E-state index in [1.165, 1.54) is 13.2 Å². The molecule has 1 aromatic heterocycles. The Kier molecular flexibility index (Phi) is 5.29. The fourth-order valence-electron chi connectivity index (χ4n) is 3.72. The van der Waals surface area contributed by atoms with Crippen LogP contribution >= 0.6 is 0 Å². The highest BCUT2D eigenvalue weighted by Crippen LogP contribution is 2.42. The first-order valence-corrected chi connectivity index (χ1v) is 8.66. The van der Waals surface area contributed by atoms with Crippen LogP contribution in [0.15, 0.2) is 23.8 Å². The van der Waals surface area contributed by atoms with Crippen LogP contribution in [-0.4, -0.2) is 41.0 Å². The van der Waals surface area contributed by atoms with E-state index in [-0.39, 0.29) is 29.2 Å². The Balaban J connectivity index is 1.94. The second-order valence-electron chi connectivity index (χ2n) is 6.90. The van der Waals surface area contributed by atoms with Gasteiger partial charge < -0.3 is 9.84 Å². The molecule has 1 aromatic rings. The lowest BCUT2D eigenvalue weighted by Crippen LogP contribution is -2.41. The zero-order chi connectivity index (χ0) is 18.9. The number of ketones is 2. The Hall–Kier alpha value is -1.99. The SMILES string of the molecule is COCCCc1nc(C(F)F)ccc1C(=O)C1=CC2CCC(O)(C2)C1=O. The average molecular weight is 365 g/mol. The number of methoxy groups -OCH3 is 1. The van der Waals surface area contributed by atoms with E-state index in [1.807, 2.05) is 0 Å². The van der Waals surface area contributed by atoms with Gasteiger partial charge in [-0.2, -0.15) is 0 Å². The quantitative estimate of drug-likeness (QED) is 0.457. The molecule has 3 rings (SSSR count). The van der Waals surface area contributed by atoms with Crippen molar-refractivity contribution in [1.29, 1.82) is 0 Å². The van der Waals surface area contributed by atoms with Crippen molar-refractivity contribution in [2.45, 2.75) is 44.1 Å². The molecule has 1 heterocycles. The van der Waals surface area contributed by atoms with Crippen LogP contribution in [0.1, 0.15) is 53.9 Å². The third-order valence-corrected chi connectivity index (χ3v) is 5.07. The Morgan fingerprint density at radius 2 is 2.23 bits per heavy atom. The normalized spacial score (nSPS) is 24.9. The molecule has 2 atom stereocenters. The predicted molar refractivity (Wildman–Crippen MR) is 89.1 cm³/mol. The number of nitrogens with zero attached hydrogens (tertiary/aromatic N) is 1. The van der Waals surface area contributed by atoms with Gasteiger partial charge in [-0.15, -0.1) is 0 Å². The highest BCUT2D eigenvalue weighted by Gasteiger charge is 2.49. The molecule has 2 aliphatic rings. The summed E-state index contributed by atoms with van der Waals surface area (Å²) in [4.78, 5) is 29.4. The number of aryl methyl sites for hydroxylation is 1. The third-order valence-electron chi connectivity index (χ3n) is 5.07. The van der Waals surface area contributed by atoms with Crippen molar-refractivity contribution in [3.63, 3.8) is 0 Å². The number of alkyl halides is 2. The van der Waals surface area contributed by atoms with E-state index in [1.54, 1.807) is 6.08 Å². The Bertz CT molecular complexity index is 762. The van der Waals surface area contributed by atoms with Gasteiger partial charge in [0.2, 0.25) is 0 Å². The second kappa shape index (κ2) is 7.32. The maximum atomic E-state index is 13.0. The van der Waals surface area contributed by atoms with E-state index in [2.05, 4.69) is 4.98 Å². The number of hydrogen-bond donors (Lipinski definition) is 1. The number of allylic oxidation sites excluding steroid dienone is 1. The van der Waals surface area contributed by atoms with Crippen molar-refractivity contribution in [3.05, 3.63) is 40.7 Å². The number of carbonyl (C=O) groups is 2. The van der Waals surface area contributed by atoms with Gasteiger partial charge in [0.15, 0.2) is 11.6 Å². The molecule has 0 aliphatic heterocycles. The number of aliphatic hydroxyl groups is 1. The molecule has 140 valence electrons. The maximum Gasteiger partial charge on any atom is 0.280 e. The van der Waals surface area contributed by atoms with Crippen LogP contribution < -0.4 is 0 Å². The van der Waals surface area contributed by atoms with Crippen molar-refractivity contribution in [3.8, 4) is 0 Å². The number of pyridine rings is 1. The number of aromatic nitrogens is 1.